The fourth-order valence-corrected chi connectivity index (χ4v) is 4.11. The Hall–Kier alpha value is -2.60. The minimum atomic E-state index is 0.0543. The van der Waals surface area contributed by atoms with Crippen molar-refractivity contribution in [2.24, 2.45) is 0 Å². The van der Waals surface area contributed by atoms with Gasteiger partial charge in [-0.3, -0.25) is 0 Å². The molecule has 0 unspecified atom stereocenters. The number of fused-ring (bicyclic) bond motifs is 5. The molecular formula is C27H30. The minimum Gasteiger partial charge on any atom is -0.0683 e. The summed E-state index contributed by atoms with van der Waals surface area (Å²) in [6, 6.07) is 26.8. The van der Waals surface area contributed by atoms with Crippen LogP contribution in [0, 0.1) is 0 Å². The van der Waals surface area contributed by atoms with Gasteiger partial charge in [0.1, 0.15) is 0 Å². The first-order valence-electron chi connectivity index (χ1n) is 10.2. The van der Waals surface area contributed by atoms with Crippen molar-refractivity contribution < 1.29 is 0 Å². The highest BCUT2D eigenvalue weighted by atomic mass is 14.4. The molecule has 0 spiro atoms. The zero-order chi connectivity index (χ0) is 19.6. The Balaban J connectivity index is 0.000000495. The molecule has 0 nitrogen and oxygen atoms in total. The summed E-state index contributed by atoms with van der Waals surface area (Å²) in [4.78, 5) is 0. The standard InChI is InChI=1S/C23H18.2C2H6/c1-23(2)21-13-17-9-5-3-7-15(17)11-19(21)20-12-16-8-4-6-10-18(16)14-22(20)23;2*1-2/h3-14H,1-2H3;2*1-2H3. The van der Waals surface area contributed by atoms with Crippen LogP contribution >= 0.6 is 0 Å². The summed E-state index contributed by atoms with van der Waals surface area (Å²) in [7, 11) is 0. The lowest BCUT2D eigenvalue weighted by atomic mass is 9.81. The van der Waals surface area contributed by atoms with Gasteiger partial charge in [0, 0.05) is 5.41 Å². The summed E-state index contributed by atoms with van der Waals surface area (Å²) < 4.78 is 0. The van der Waals surface area contributed by atoms with Crippen LogP contribution in [0.3, 0.4) is 0 Å². The summed E-state index contributed by atoms with van der Waals surface area (Å²) in [6.45, 7) is 12.7. The van der Waals surface area contributed by atoms with E-state index in [1.807, 2.05) is 27.7 Å². The third-order valence-corrected chi connectivity index (χ3v) is 5.41. The van der Waals surface area contributed by atoms with E-state index in [1.54, 1.807) is 0 Å². The molecule has 138 valence electrons. The number of hydrogen-bond acceptors (Lipinski definition) is 0. The van der Waals surface area contributed by atoms with E-state index in [1.165, 1.54) is 43.8 Å². The number of hydrogen-bond donors (Lipinski definition) is 0. The molecule has 0 amide bonds. The Morgan fingerprint density at radius 3 is 1.11 bits per heavy atom. The van der Waals surface area contributed by atoms with Crippen LogP contribution in [0.25, 0.3) is 32.7 Å². The molecule has 0 heteroatoms. The highest BCUT2D eigenvalue weighted by Gasteiger charge is 2.35. The van der Waals surface area contributed by atoms with Crippen LogP contribution in [0.1, 0.15) is 52.7 Å². The first-order chi connectivity index (χ1) is 13.1. The van der Waals surface area contributed by atoms with Gasteiger partial charge in [-0.2, -0.15) is 0 Å². The molecule has 0 bridgehead atoms. The van der Waals surface area contributed by atoms with E-state index in [4.69, 9.17) is 0 Å². The largest absolute Gasteiger partial charge is 0.0683 e. The predicted molar refractivity (Wildman–Crippen MR) is 122 cm³/mol. The Bertz CT molecular complexity index is 996. The normalized spacial score (nSPS) is 13.1. The summed E-state index contributed by atoms with van der Waals surface area (Å²) in [5, 5.41) is 5.31. The van der Waals surface area contributed by atoms with Gasteiger partial charge in [-0.25, -0.2) is 0 Å². The van der Waals surface area contributed by atoms with Crippen molar-refractivity contribution >= 4 is 21.5 Å². The predicted octanol–water partition coefficient (Wildman–Crippen LogP) is 8.35. The van der Waals surface area contributed by atoms with Crippen LogP contribution in [0.15, 0.2) is 72.8 Å². The maximum atomic E-state index is 2.38. The third-order valence-electron chi connectivity index (χ3n) is 5.41. The van der Waals surface area contributed by atoms with Gasteiger partial charge < -0.3 is 0 Å². The molecule has 0 saturated carbocycles. The van der Waals surface area contributed by atoms with Crippen molar-refractivity contribution in [3.8, 4) is 11.1 Å². The number of rotatable bonds is 0. The average Bonchev–Trinajstić information content (AvgIpc) is 2.94. The molecule has 27 heavy (non-hydrogen) atoms. The van der Waals surface area contributed by atoms with E-state index in [9.17, 15) is 0 Å². The third kappa shape index (κ3) is 3.04. The lowest BCUT2D eigenvalue weighted by molar-refractivity contribution is 0.662. The first kappa shape index (κ1) is 19.2. The van der Waals surface area contributed by atoms with Crippen molar-refractivity contribution in [3.05, 3.63) is 83.9 Å². The van der Waals surface area contributed by atoms with Crippen molar-refractivity contribution in [3.63, 3.8) is 0 Å². The molecule has 4 aromatic carbocycles. The van der Waals surface area contributed by atoms with Crippen LogP contribution in [0.4, 0.5) is 0 Å². The molecule has 0 radical (unpaired) electrons. The van der Waals surface area contributed by atoms with Crippen LogP contribution < -0.4 is 0 Å². The van der Waals surface area contributed by atoms with Gasteiger partial charge in [-0.1, -0.05) is 90.1 Å². The topological polar surface area (TPSA) is 0 Å². The van der Waals surface area contributed by atoms with Gasteiger partial charge in [0.2, 0.25) is 0 Å². The van der Waals surface area contributed by atoms with Crippen LogP contribution in [0.2, 0.25) is 0 Å². The van der Waals surface area contributed by atoms with Crippen molar-refractivity contribution in [1.29, 1.82) is 0 Å². The molecular weight excluding hydrogens is 324 g/mol. The zero-order valence-electron chi connectivity index (χ0n) is 17.4. The van der Waals surface area contributed by atoms with Crippen LogP contribution in [-0.4, -0.2) is 0 Å². The summed E-state index contributed by atoms with van der Waals surface area (Å²) in [5.74, 6) is 0. The second-order valence-electron chi connectivity index (χ2n) is 7.11. The molecule has 0 N–H and O–H groups in total. The molecule has 0 aromatic heterocycles. The smallest absolute Gasteiger partial charge is 0.0159 e. The molecule has 1 aliphatic carbocycles. The van der Waals surface area contributed by atoms with E-state index in [0.29, 0.717) is 0 Å². The van der Waals surface area contributed by atoms with E-state index in [2.05, 4.69) is 86.6 Å². The Morgan fingerprint density at radius 2 is 0.778 bits per heavy atom. The molecule has 0 aliphatic heterocycles. The highest BCUT2D eigenvalue weighted by Crippen LogP contribution is 2.50. The Kier molecular flexibility index (Phi) is 5.37. The Labute approximate surface area is 163 Å². The van der Waals surface area contributed by atoms with Gasteiger partial charge in [0.05, 0.1) is 0 Å². The SMILES string of the molecule is CC.CC.CC1(C)c2cc3ccccc3cc2-c2cc3ccccc3cc21. The van der Waals surface area contributed by atoms with Gasteiger partial charge in [-0.15, -0.1) is 0 Å². The summed E-state index contributed by atoms with van der Waals surface area (Å²) >= 11 is 0. The monoisotopic (exact) mass is 354 g/mol. The van der Waals surface area contributed by atoms with Gasteiger partial charge in [0.15, 0.2) is 0 Å². The average molecular weight is 355 g/mol. The summed E-state index contributed by atoms with van der Waals surface area (Å²) in [5.41, 5.74) is 5.74. The van der Waals surface area contributed by atoms with E-state index >= 15 is 0 Å². The molecule has 4 aromatic rings. The maximum Gasteiger partial charge on any atom is 0.0159 e. The molecule has 5 rings (SSSR count). The lowest BCUT2D eigenvalue weighted by Gasteiger charge is -2.22. The van der Waals surface area contributed by atoms with Gasteiger partial charge in [-0.05, 0) is 68.1 Å². The van der Waals surface area contributed by atoms with E-state index in [0.717, 1.165) is 0 Å². The molecule has 0 heterocycles. The zero-order valence-corrected chi connectivity index (χ0v) is 17.4. The van der Waals surface area contributed by atoms with Gasteiger partial charge >= 0.3 is 0 Å². The van der Waals surface area contributed by atoms with E-state index in [-0.39, 0.29) is 5.41 Å². The number of benzene rings is 4. The molecule has 0 fully saturated rings. The quantitative estimate of drug-likeness (QED) is 0.297. The van der Waals surface area contributed by atoms with Crippen molar-refractivity contribution in [2.45, 2.75) is 47.0 Å². The van der Waals surface area contributed by atoms with E-state index < -0.39 is 0 Å². The fourth-order valence-electron chi connectivity index (χ4n) is 4.11. The highest BCUT2D eigenvalue weighted by molar-refractivity contribution is 5.97. The van der Waals surface area contributed by atoms with Crippen LogP contribution in [-0.2, 0) is 5.41 Å². The molecule has 0 saturated heterocycles. The first-order valence-corrected chi connectivity index (χ1v) is 10.2. The second kappa shape index (κ2) is 7.56. The second-order valence-corrected chi connectivity index (χ2v) is 7.11. The minimum absolute atomic E-state index is 0.0543. The Morgan fingerprint density at radius 1 is 0.481 bits per heavy atom. The molecule has 0 atom stereocenters. The van der Waals surface area contributed by atoms with Crippen molar-refractivity contribution in [2.75, 3.05) is 0 Å². The molecule has 1 aliphatic rings. The van der Waals surface area contributed by atoms with Crippen LogP contribution in [0.5, 0.6) is 0 Å². The summed E-state index contributed by atoms with van der Waals surface area (Å²) in [6.07, 6.45) is 0. The maximum absolute atomic E-state index is 2.38. The lowest BCUT2D eigenvalue weighted by Crippen LogP contribution is -2.14. The fraction of sp³-hybridized carbons (Fsp3) is 0.259. The van der Waals surface area contributed by atoms with Gasteiger partial charge in [0.25, 0.3) is 0 Å². The van der Waals surface area contributed by atoms with Crippen molar-refractivity contribution in [1.82, 2.24) is 0 Å².